The molecule has 3 nitrogen and oxygen atoms in total. The normalized spacial score (nSPS) is 10.2. The Morgan fingerprint density at radius 3 is 3.13 bits per heavy atom. The SMILES string of the molecule is C=C(OCC)c1ccc(-c2cnco2)s1. The molecule has 2 heterocycles. The van der Waals surface area contributed by atoms with Crippen molar-refractivity contribution in [2.45, 2.75) is 6.92 Å². The van der Waals surface area contributed by atoms with Crippen molar-refractivity contribution in [1.82, 2.24) is 4.98 Å². The molecule has 0 aliphatic rings. The summed E-state index contributed by atoms with van der Waals surface area (Å²) in [5.41, 5.74) is 0. The van der Waals surface area contributed by atoms with Gasteiger partial charge in [-0.05, 0) is 19.1 Å². The predicted octanol–water partition coefficient (Wildman–Crippen LogP) is 3.41. The van der Waals surface area contributed by atoms with Crippen LogP contribution in [0.4, 0.5) is 0 Å². The second-order valence-electron chi connectivity index (χ2n) is 2.89. The van der Waals surface area contributed by atoms with E-state index in [0.717, 1.165) is 15.5 Å². The first kappa shape index (κ1) is 9.98. The van der Waals surface area contributed by atoms with Gasteiger partial charge in [0.15, 0.2) is 12.2 Å². The largest absolute Gasteiger partial charge is 0.493 e. The molecule has 0 atom stereocenters. The van der Waals surface area contributed by atoms with Crippen LogP contribution in [0.2, 0.25) is 0 Å². The van der Waals surface area contributed by atoms with Crippen molar-refractivity contribution in [3.8, 4) is 10.6 Å². The Morgan fingerprint density at radius 2 is 2.47 bits per heavy atom. The van der Waals surface area contributed by atoms with Crippen molar-refractivity contribution in [1.29, 1.82) is 0 Å². The monoisotopic (exact) mass is 221 g/mol. The summed E-state index contributed by atoms with van der Waals surface area (Å²) in [6, 6.07) is 3.95. The number of oxazole rings is 1. The Hall–Kier alpha value is -1.55. The van der Waals surface area contributed by atoms with Crippen molar-refractivity contribution in [3.63, 3.8) is 0 Å². The minimum atomic E-state index is 0.633. The van der Waals surface area contributed by atoms with E-state index >= 15 is 0 Å². The lowest BCUT2D eigenvalue weighted by molar-refractivity contribution is 0.300. The molecular formula is C11H11NO2S. The molecule has 0 aliphatic carbocycles. The lowest BCUT2D eigenvalue weighted by Gasteiger charge is -2.02. The van der Waals surface area contributed by atoms with E-state index in [4.69, 9.17) is 9.15 Å². The summed E-state index contributed by atoms with van der Waals surface area (Å²) in [6.07, 6.45) is 3.12. The molecule has 2 aromatic rings. The van der Waals surface area contributed by atoms with Gasteiger partial charge in [0.05, 0.1) is 22.6 Å². The fraction of sp³-hybridized carbons (Fsp3) is 0.182. The van der Waals surface area contributed by atoms with Gasteiger partial charge in [0.1, 0.15) is 5.76 Å². The predicted molar refractivity (Wildman–Crippen MR) is 60.5 cm³/mol. The van der Waals surface area contributed by atoms with E-state index in [9.17, 15) is 0 Å². The van der Waals surface area contributed by atoms with Crippen LogP contribution in [0.25, 0.3) is 16.4 Å². The summed E-state index contributed by atoms with van der Waals surface area (Å²) >= 11 is 1.58. The number of hydrogen-bond acceptors (Lipinski definition) is 4. The Morgan fingerprint density at radius 1 is 1.60 bits per heavy atom. The molecule has 0 amide bonds. The molecule has 0 saturated carbocycles. The molecule has 0 aliphatic heterocycles. The second-order valence-corrected chi connectivity index (χ2v) is 3.97. The molecule has 2 aromatic heterocycles. The third-order valence-corrected chi connectivity index (χ3v) is 3.02. The van der Waals surface area contributed by atoms with Crippen LogP contribution in [0.3, 0.4) is 0 Å². The van der Waals surface area contributed by atoms with Gasteiger partial charge in [-0.1, -0.05) is 6.58 Å². The molecule has 4 heteroatoms. The van der Waals surface area contributed by atoms with E-state index in [1.807, 2.05) is 19.1 Å². The zero-order valence-electron chi connectivity index (χ0n) is 8.40. The quantitative estimate of drug-likeness (QED) is 0.742. The number of rotatable bonds is 4. The summed E-state index contributed by atoms with van der Waals surface area (Å²) < 4.78 is 10.5. The van der Waals surface area contributed by atoms with Gasteiger partial charge >= 0.3 is 0 Å². The minimum absolute atomic E-state index is 0.633. The van der Waals surface area contributed by atoms with Crippen molar-refractivity contribution in [3.05, 3.63) is 36.2 Å². The van der Waals surface area contributed by atoms with Crippen LogP contribution in [0.15, 0.2) is 35.7 Å². The minimum Gasteiger partial charge on any atom is -0.493 e. The summed E-state index contributed by atoms with van der Waals surface area (Å²) in [5, 5.41) is 0. The first-order valence-corrected chi connectivity index (χ1v) is 5.43. The fourth-order valence-electron chi connectivity index (χ4n) is 1.20. The van der Waals surface area contributed by atoms with Crippen molar-refractivity contribution < 1.29 is 9.15 Å². The van der Waals surface area contributed by atoms with Gasteiger partial charge in [-0.2, -0.15) is 0 Å². The number of hydrogen-bond donors (Lipinski definition) is 0. The number of nitrogens with zero attached hydrogens (tertiary/aromatic N) is 1. The molecule has 0 saturated heterocycles. The molecule has 0 N–H and O–H groups in total. The lowest BCUT2D eigenvalue weighted by Crippen LogP contribution is -1.85. The highest BCUT2D eigenvalue weighted by molar-refractivity contribution is 7.16. The summed E-state index contributed by atoms with van der Waals surface area (Å²) in [7, 11) is 0. The highest BCUT2D eigenvalue weighted by Gasteiger charge is 2.08. The van der Waals surface area contributed by atoms with Crippen LogP contribution in [0.5, 0.6) is 0 Å². The molecule has 0 aromatic carbocycles. The van der Waals surface area contributed by atoms with Gasteiger partial charge in [0, 0.05) is 0 Å². The topological polar surface area (TPSA) is 35.3 Å². The Kier molecular flexibility index (Phi) is 2.87. The van der Waals surface area contributed by atoms with E-state index < -0.39 is 0 Å². The molecule has 2 rings (SSSR count). The Balaban J connectivity index is 2.21. The van der Waals surface area contributed by atoms with Gasteiger partial charge < -0.3 is 9.15 Å². The van der Waals surface area contributed by atoms with Crippen LogP contribution in [0, 0.1) is 0 Å². The highest BCUT2D eigenvalue weighted by Crippen LogP contribution is 2.31. The number of aromatic nitrogens is 1. The van der Waals surface area contributed by atoms with E-state index in [0.29, 0.717) is 12.4 Å². The molecule has 15 heavy (non-hydrogen) atoms. The Bertz CT molecular complexity index is 445. The van der Waals surface area contributed by atoms with E-state index in [2.05, 4.69) is 11.6 Å². The Labute approximate surface area is 92.0 Å². The van der Waals surface area contributed by atoms with Crippen molar-refractivity contribution in [2.24, 2.45) is 0 Å². The van der Waals surface area contributed by atoms with E-state index in [-0.39, 0.29) is 0 Å². The first-order valence-electron chi connectivity index (χ1n) is 4.62. The maximum Gasteiger partial charge on any atom is 0.181 e. The van der Waals surface area contributed by atoms with Crippen LogP contribution >= 0.6 is 11.3 Å². The van der Waals surface area contributed by atoms with Gasteiger partial charge in [-0.3, -0.25) is 0 Å². The van der Waals surface area contributed by atoms with Crippen molar-refractivity contribution in [2.75, 3.05) is 6.61 Å². The summed E-state index contributed by atoms with van der Waals surface area (Å²) in [6.45, 7) is 6.43. The van der Waals surface area contributed by atoms with Crippen LogP contribution in [-0.2, 0) is 4.74 Å². The van der Waals surface area contributed by atoms with Gasteiger partial charge in [0.2, 0.25) is 0 Å². The van der Waals surface area contributed by atoms with Crippen LogP contribution in [0.1, 0.15) is 11.8 Å². The zero-order valence-corrected chi connectivity index (χ0v) is 9.21. The lowest BCUT2D eigenvalue weighted by atomic mass is 10.3. The third kappa shape index (κ3) is 2.10. The van der Waals surface area contributed by atoms with Gasteiger partial charge in [0.25, 0.3) is 0 Å². The average molecular weight is 221 g/mol. The molecule has 78 valence electrons. The molecular weight excluding hydrogens is 210 g/mol. The second kappa shape index (κ2) is 4.31. The van der Waals surface area contributed by atoms with Crippen molar-refractivity contribution >= 4 is 17.1 Å². The smallest absolute Gasteiger partial charge is 0.181 e. The maximum atomic E-state index is 5.33. The van der Waals surface area contributed by atoms with E-state index in [1.54, 1.807) is 17.5 Å². The highest BCUT2D eigenvalue weighted by atomic mass is 32.1. The molecule has 0 bridgehead atoms. The molecule has 0 radical (unpaired) electrons. The standard InChI is InChI=1S/C11H11NO2S/c1-3-13-8(2)10-4-5-11(15-10)9-6-12-7-14-9/h4-7H,2-3H2,1H3. The summed E-state index contributed by atoms with van der Waals surface area (Å²) in [5.74, 6) is 1.48. The first-order chi connectivity index (χ1) is 7.31. The molecule has 0 unspecified atom stereocenters. The number of thiophene rings is 1. The zero-order chi connectivity index (χ0) is 10.7. The third-order valence-electron chi connectivity index (χ3n) is 1.87. The molecule has 0 fully saturated rings. The molecule has 0 spiro atoms. The van der Waals surface area contributed by atoms with E-state index in [1.165, 1.54) is 6.39 Å². The summed E-state index contributed by atoms with van der Waals surface area (Å²) in [4.78, 5) is 5.92. The maximum absolute atomic E-state index is 5.33. The fourth-order valence-corrected chi connectivity index (χ4v) is 2.09. The van der Waals surface area contributed by atoms with Crippen LogP contribution in [-0.4, -0.2) is 11.6 Å². The van der Waals surface area contributed by atoms with Crippen LogP contribution < -0.4 is 0 Å². The van der Waals surface area contributed by atoms with Gasteiger partial charge in [-0.15, -0.1) is 11.3 Å². The number of ether oxygens (including phenoxy) is 1. The van der Waals surface area contributed by atoms with Gasteiger partial charge in [-0.25, -0.2) is 4.98 Å². The average Bonchev–Trinajstić information content (AvgIpc) is 2.89.